The van der Waals surface area contributed by atoms with Crippen LogP contribution in [0.5, 0.6) is 0 Å². The van der Waals surface area contributed by atoms with Crippen molar-refractivity contribution in [3.8, 4) is 5.69 Å². The number of nitrogens with one attached hydrogen (secondary N) is 1. The van der Waals surface area contributed by atoms with Gasteiger partial charge in [-0.1, -0.05) is 0 Å². The predicted octanol–water partition coefficient (Wildman–Crippen LogP) is 2.74. The molecule has 4 rings (SSSR count). The second kappa shape index (κ2) is 7.82. The van der Waals surface area contributed by atoms with Gasteiger partial charge in [0.1, 0.15) is 0 Å². The van der Waals surface area contributed by atoms with Gasteiger partial charge >= 0.3 is 6.03 Å². The number of hydrogen-bond donors (Lipinski definition) is 1. The van der Waals surface area contributed by atoms with E-state index < -0.39 is 0 Å². The quantitative estimate of drug-likeness (QED) is 0.907. The van der Waals surface area contributed by atoms with Crippen LogP contribution < -0.4 is 5.32 Å². The van der Waals surface area contributed by atoms with Gasteiger partial charge in [0.25, 0.3) is 0 Å². The minimum Gasteiger partial charge on any atom is -0.342 e. The Hall–Kier alpha value is -2.83. The third-order valence-corrected chi connectivity index (χ3v) is 5.44. The highest BCUT2D eigenvalue weighted by Gasteiger charge is 2.31. The van der Waals surface area contributed by atoms with Gasteiger partial charge < -0.3 is 15.1 Å². The fraction of sp³-hybridized carbons (Fsp3) is 0.450. The number of carbonyl (C=O) groups excluding carboxylic acids is 2. The third kappa shape index (κ3) is 3.97. The summed E-state index contributed by atoms with van der Waals surface area (Å²) in [7, 11) is 0. The molecule has 1 N–H and O–H groups in total. The van der Waals surface area contributed by atoms with Crippen LogP contribution in [0.1, 0.15) is 25.7 Å². The Morgan fingerprint density at radius 2 is 1.67 bits per heavy atom. The molecule has 1 aromatic carbocycles. The molecule has 2 fully saturated rings. The van der Waals surface area contributed by atoms with Gasteiger partial charge in [-0.15, -0.1) is 0 Å². The molecule has 7 heteroatoms. The monoisotopic (exact) mass is 367 g/mol. The number of carbonyl (C=O) groups is 2. The molecule has 0 atom stereocenters. The summed E-state index contributed by atoms with van der Waals surface area (Å²) in [5.41, 5.74) is 1.70. The summed E-state index contributed by atoms with van der Waals surface area (Å²) in [6.07, 6.45) is 7.34. The van der Waals surface area contributed by atoms with E-state index in [0.29, 0.717) is 13.1 Å². The molecule has 7 nitrogen and oxygen atoms in total. The number of hydrogen-bond acceptors (Lipinski definition) is 3. The molecule has 2 saturated heterocycles. The Bertz CT molecular complexity index is 773. The Morgan fingerprint density at radius 3 is 2.30 bits per heavy atom. The van der Waals surface area contributed by atoms with Crippen LogP contribution >= 0.6 is 0 Å². The second-order valence-electron chi connectivity index (χ2n) is 7.22. The Balaban J connectivity index is 1.28. The van der Waals surface area contributed by atoms with Gasteiger partial charge in [-0.05, 0) is 56.0 Å². The average Bonchev–Trinajstić information content (AvgIpc) is 3.42. The lowest BCUT2D eigenvalue weighted by Crippen LogP contribution is -2.45. The molecule has 142 valence electrons. The first-order valence-electron chi connectivity index (χ1n) is 9.65. The molecule has 3 amide bonds. The van der Waals surface area contributed by atoms with Gasteiger partial charge in [0.05, 0.1) is 5.69 Å². The zero-order chi connectivity index (χ0) is 18.6. The lowest BCUT2D eigenvalue weighted by atomic mass is 9.95. The number of piperidine rings is 1. The molecule has 0 spiro atoms. The van der Waals surface area contributed by atoms with Gasteiger partial charge in [0.2, 0.25) is 5.91 Å². The molecule has 0 radical (unpaired) electrons. The molecule has 3 heterocycles. The molecule has 0 aliphatic carbocycles. The molecule has 2 aromatic rings. The number of nitrogens with zero attached hydrogens (tertiary/aromatic N) is 4. The summed E-state index contributed by atoms with van der Waals surface area (Å²) in [5.74, 6) is 0.349. The van der Waals surface area contributed by atoms with Crippen molar-refractivity contribution in [3.05, 3.63) is 42.7 Å². The van der Waals surface area contributed by atoms with Crippen LogP contribution in [0.4, 0.5) is 10.5 Å². The first-order valence-corrected chi connectivity index (χ1v) is 9.65. The van der Waals surface area contributed by atoms with Crippen molar-refractivity contribution in [2.75, 3.05) is 31.5 Å². The fourth-order valence-electron chi connectivity index (χ4n) is 3.85. The molecule has 0 unspecified atom stereocenters. The van der Waals surface area contributed by atoms with E-state index in [-0.39, 0.29) is 17.9 Å². The number of amides is 3. The lowest BCUT2D eigenvalue weighted by Gasteiger charge is -2.33. The van der Waals surface area contributed by atoms with Crippen LogP contribution in [-0.2, 0) is 4.79 Å². The van der Waals surface area contributed by atoms with Crippen molar-refractivity contribution < 1.29 is 9.59 Å². The van der Waals surface area contributed by atoms with Crippen LogP contribution in [0.25, 0.3) is 5.69 Å². The number of anilines is 1. The minimum atomic E-state index is -0.103. The number of likely N-dealkylation sites (tertiary alicyclic amines) is 2. The zero-order valence-electron chi connectivity index (χ0n) is 15.4. The number of rotatable bonds is 3. The molecular formula is C20H25N5O2. The topological polar surface area (TPSA) is 70.5 Å². The Kier molecular flexibility index (Phi) is 5.09. The van der Waals surface area contributed by atoms with E-state index >= 15 is 0 Å². The lowest BCUT2D eigenvalue weighted by molar-refractivity contribution is -0.135. The maximum atomic E-state index is 12.5. The average molecular weight is 367 g/mol. The van der Waals surface area contributed by atoms with Crippen molar-refractivity contribution in [1.82, 2.24) is 19.6 Å². The van der Waals surface area contributed by atoms with Crippen LogP contribution in [0.15, 0.2) is 42.7 Å². The van der Waals surface area contributed by atoms with Gasteiger partial charge in [-0.3, -0.25) is 4.79 Å². The molecule has 0 bridgehead atoms. The predicted molar refractivity (Wildman–Crippen MR) is 103 cm³/mol. The maximum absolute atomic E-state index is 12.5. The minimum absolute atomic E-state index is 0.0699. The first kappa shape index (κ1) is 17.6. The molecule has 0 saturated carbocycles. The number of benzene rings is 1. The summed E-state index contributed by atoms with van der Waals surface area (Å²) >= 11 is 0. The van der Waals surface area contributed by atoms with E-state index in [1.807, 2.05) is 41.4 Å². The summed E-state index contributed by atoms with van der Waals surface area (Å²) in [6, 6.07) is 9.35. The van der Waals surface area contributed by atoms with Crippen molar-refractivity contribution in [2.45, 2.75) is 25.7 Å². The highest BCUT2D eigenvalue weighted by molar-refractivity contribution is 5.89. The maximum Gasteiger partial charge on any atom is 0.321 e. The van der Waals surface area contributed by atoms with Crippen LogP contribution in [-0.4, -0.2) is 57.7 Å². The molecule has 27 heavy (non-hydrogen) atoms. The molecule has 1 aromatic heterocycles. The summed E-state index contributed by atoms with van der Waals surface area (Å²) < 4.78 is 1.77. The Labute approximate surface area is 158 Å². The van der Waals surface area contributed by atoms with Gasteiger partial charge in [0.15, 0.2) is 0 Å². The van der Waals surface area contributed by atoms with E-state index in [1.54, 1.807) is 15.8 Å². The van der Waals surface area contributed by atoms with E-state index in [4.69, 9.17) is 0 Å². The van der Waals surface area contributed by atoms with E-state index in [0.717, 1.165) is 50.1 Å². The van der Waals surface area contributed by atoms with E-state index in [1.165, 1.54) is 0 Å². The SMILES string of the molecule is O=C(Nc1ccc(-n2cccn2)cc1)N1CCC(C(=O)N2CCCC2)CC1. The van der Waals surface area contributed by atoms with Crippen molar-refractivity contribution in [1.29, 1.82) is 0 Å². The number of aromatic nitrogens is 2. The third-order valence-electron chi connectivity index (χ3n) is 5.44. The van der Waals surface area contributed by atoms with Crippen molar-refractivity contribution in [2.24, 2.45) is 5.92 Å². The summed E-state index contributed by atoms with van der Waals surface area (Å²) in [4.78, 5) is 28.8. The normalized spacial score (nSPS) is 17.9. The van der Waals surface area contributed by atoms with Crippen LogP contribution in [0, 0.1) is 5.92 Å². The summed E-state index contributed by atoms with van der Waals surface area (Å²) in [5, 5.41) is 7.14. The fourth-order valence-corrected chi connectivity index (χ4v) is 3.85. The molecule has 2 aliphatic rings. The van der Waals surface area contributed by atoms with Crippen molar-refractivity contribution in [3.63, 3.8) is 0 Å². The molecule has 2 aliphatic heterocycles. The van der Waals surface area contributed by atoms with Crippen LogP contribution in [0.3, 0.4) is 0 Å². The largest absolute Gasteiger partial charge is 0.342 e. The van der Waals surface area contributed by atoms with Crippen molar-refractivity contribution >= 4 is 17.6 Å². The van der Waals surface area contributed by atoms with Gasteiger partial charge in [0, 0.05) is 50.2 Å². The van der Waals surface area contributed by atoms with Crippen LogP contribution in [0.2, 0.25) is 0 Å². The van der Waals surface area contributed by atoms with E-state index in [9.17, 15) is 9.59 Å². The second-order valence-corrected chi connectivity index (χ2v) is 7.22. The standard InChI is InChI=1S/C20H25N5O2/c26-19(23-11-1-2-12-23)16-8-14-24(15-9-16)20(27)22-17-4-6-18(7-5-17)25-13-3-10-21-25/h3-7,10,13,16H,1-2,8-9,11-12,14-15H2,(H,22,27). The number of urea groups is 1. The molecular weight excluding hydrogens is 342 g/mol. The first-order chi connectivity index (χ1) is 13.2. The summed E-state index contributed by atoms with van der Waals surface area (Å²) in [6.45, 7) is 3.05. The van der Waals surface area contributed by atoms with Gasteiger partial charge in [-0.25, -0.2) is 9.48 Å². The highest BCUT2D eigenvalue weighted by Crippen LogP contribution is 2.23. The van der Waals surface area contributed by atoms with Gasteiger partial charge in [-0.2, -0.15) is 5.10 Å². The van der Waals surface area contributed by atoms with E-state index in [2.05, 4.69) is 10.4 Å². The highest BCUT2D eigenvalue weighted by atomic mass is 16.2. The Morgan fingerprint density at radius 1 is 0.963 bits per heavy atom. The smallest absolute Gasteiger partial charge is 0.321 e. The zero-order valence-corrected chi connectivity index (χ0v) is 15.4.